The van der Waals surface area contributed by atoms with Gasteiger partial charge in [0.15, 0.2) is 0 Å². The number of carbonyl (C=O) groups is 2. The Kier molecular flexibility index (Phi) is 4.12. The summed E-state index contributed by atoms with van der Waals surface area (Å²) in [4.78, 5) is 25.0. The minimum atomic E-state index is -4.03. The van der Waals surface area contributed by atoms with Gasteiger partial charge in [-0.1, -0.05) is 24.3 Å². The lowest BCUT2D eigenvalue weighted by Gasteiger charge is -2.22. The normalized spacial score (nSPS) is 16.4. The molecule has 6 nitrogen and oxygen atoms in total. The second-order valence-electron chi connectivity index (χ2n) is 6.09. The molecule has 25 heavy (non-hydrogen) atoms. The molecule has 2 amide bonds. The van der Waals surface area contributed by atoms with Gasteiger partial charge in [0.25, 0.3) is 15.9 Å². The van der Waals surface area contributed by atoms with Crippen molar-refractivity contribution in [2.24, 2.45) is 0 Å². The largest absolute Gasteiger partial charge is 0.324 e. The number of nitrogens with one attached hydrogen (secondary N) is 1. The van der Waals surface area contributed by atoms with Gasteiger partial charge in [-0.3, -0.25) is 9.59 Å². The molecule has 1 heterocycles. The van der Waals surface area contributed by atoms with Gasteiger partial charge in [-0.15, -0.1) is 0 Å². The van der Waals surface area contributed by atoms with E-state index in [0.717, 1.165) is 11.1 Å². The highest BCUT2D eigenvalue weighted by molar-refractivity contribution is 7.90. The summed E-state index contributed by atoms with van der Waals surface area (Å²) in [5.41, 5.74) is 2.50. The van der Waals surface area contributed by atoms with Gasteiger partial charge in [0, 0.05) is 5.69 Å². The maximum absolute atomic E-state index is 12.6. The van der Waals surface area contributed by atoms with Crippen LogP contribution in [-0.4, -0.2) is 30.6 Å². The average molecular weight is 358 g/mol. The van der Waals surface area contributed by atoms with Gasteiger partial charge >= 0.3 is 0 Å². The molecule has 0 spiro atoms. The number of sulfonamides is 1. The molecular formula is C18H18N2O4S. The van der Waals surface area contributed by atoms with Crippen LogP contribution in [0.15, 0.2) is 47.4 Å². The van der Waals surface area contributed by atoms with E-state index in [2.05, 4.69) is 5.32 Å². The number of anilines is 1. The standard InChI is InChI=1S/C18H18N2O4S/c1-11-8-9-12(2)15(10-11)19-17(21)13(3)20-18(22)14-6-4-5-7-16(14)25(20,23)24/h4-10,13H,1-3H3,(H,19,21)/t13-/m1/s1. The van der Waals surface area contributed by atoms with Gasteiger partial charge in [-0.05, 0) is 50.1 Å². The minimum absolute atomic E-state index is 0.0635. The summed E-state index contributed by atoms with van der Waals surface area (Å²) >= 11 is 0. The summed E-state index contributed by atoms with van der Waals surface area (Å²) in [6.45, 7) is 5.14. The lowest BCUT2D eigenvalue weighted by molar-refractivity contribution is -0.118. The first-order valence-corrected chi connectivity index (χ1v) is 9.23. The van der Waals surface area contributed by atoms with E-state index in [1.165, 1.54) is 19.1 Å². The molecule has 3 rings (SSSR count). The molecule has 0 bridgehead atoms. The predicted octanol–water partition coefficient (Wildman–Crippen LogP) is 2.48. The van der Waals surface area contributed by atoms with Crippen molar-refractivity contribution >= 4 is 27.5 Å². The van der Waals surface area contributed by atoms with Crippen LogP contribution in [0.4, 0.5) is 5.69 Å². The molecule has 0 aromatic heterocycles. The van der Waals surface area contributed by atoms with Crippen molar-refractivity contribution in [1.29, 1.82) is 0 Å². The first kappa shape index (κ1) is 17.2. The summed E-state index contributed by atoms with van der Waals surface area (Å²) in [5.74, 6) is -1.24. The Labute approximate surface area is 146 Å². The summed E-state index contributed by atoms with van der Waals surface area (Å²) in [6, 6.07) is 10.4. The van der Waals surface area contributed by atoms with Crippen LogP contribution in [0.3, 0.4) is 0 Å². The van der Waals surface area contributed by atoms with Crippen LogP contribution in [0.1, 0.15) is 28.4 Å². The molecule has 1 N–H and O–H groups in total. The van der Waals surface area contributed by atoms with E-state index in [1.54, 1.807) is 18.2 Å². The zero-order valence-electron chi connectivity index (χ0n) is 14.1. The summed E-state index contributed by atoms with van der Waals surface area (Å²) in [6.07, 6.45) is 0. The Bertz CT molecular complexity index is 982. The lowest BCUT2D eigenvalue weighted by Crippen LogP contribution is -2.45. The van der Waals surface area contributed by atoms with Crippen LogP contribution in [0, 0.1) is 13.8 Å². The van der Waals surface area contributed by atoms with Gasteiger partial charge < -0.3 is 5.32 Å². The monoisotopic (exact) mass is 358 g/mol. The van der Waals surface area contributed by atoms with Crippen molar-refractivity contribution in [3.05, 3.63) is 59.2 Å². The van der Waals surface area contributed by atoms with Crippen LogP contribution in [0.5, 0.6) is 0 Å². The van der Waals surface area contributed by atoms with Gasteiger partial charge in [-0.2, -0.15) is 0 Å². The molecule has 0 radical (unpaired) electrons. The minimum Gasteiger partial charge on any atom is -0.324 e. The van der Waals surface area contributed by atoms with Crippen molar-refractivity contribution in [3.8, 4) is 0 Å². The average Bonchev–Trinajstić information content (AvgIpc) is 2.77. The second kappa shape index (κ2) is 6.00. The van der Waals surface area contributed by atoms with E-state index in [9.17, 15) is 18.0 Å². The van der Waals surface area contributed by atoms with Crippen LogP contribution >= 0.6 is 0 Å². The highest BCUT2D eigenvalue weighted by Crippen LogP contribution is 2.32. The fourth-order valence-electron chi connectivity index (χ4n) is 2.80. The van der Waals surface area contributed by atoms with E-state index < -0.39 is 27.9 Å². The highest BCUT2D eigenvalue weighted by Gasteiger charge is 2.45. The molecule has 2 aromatic carbocycles. The smallest absolute Gasteiger partial charge is 0.269 e. The third kappa shape index (κ3) is 2.80. The zero-order chi connectivity index (χ0) is 18.4. The topological polar surface area (TPSA) is 83.6 Å². The summed E-state index contributed by atoms with van der Waals surface area (Å²) in [5, 5.41) is 2.72. The van der Waals surface area contributed by atoms with Crippen LogP contribution in [0.25, 0.3) is 0 Å². The number of fused-ring (bicyclic) bond motifs is 1. The summed E-state index contributed by atoms with van der Waals surface area (Å²) < 4.78 is 25.9. The molecule has 130 valence electrons. The van der Waals surface area contributed by atoms with Gasteiger partial charge in [0.1, 0.15) is 10.9 Å². The Morgan fingerprint density at radius 2 is 1.80 bits per heavy atom. The maximum atomic E-state index is 12.6. The Morgan fingerprint density at radius 1 is 1.12 bits per heavy atom. The molecule has 1 atom stereocenters. The van der Waals surface area contributed by atoms with Crippen LogP contribution in [0.2, 0.25) is 0 Å². The molecular weight excluding hydrogens is 340 g/mol. The van der Waals surface area contributed by atoms with E-state index in [-0.39, 0.29) is 10.5 Å². The number of carbonyl (C=O) groups excluding carboxylic acids is 2. The van der Waals surface area contributed by atoms with Crippen molar-refractivity contribution in [3.63, 3.8) is 0 Å². The number of hydrogen-bond acceptors (Lipinski definition) is 4. The van der Waals surface area contributed by atoms with Crippen molar-refractivity contribution in [2.45, 2.75) is 31.7 Å². The second-order valence-corrected chi connectivity index (χ2v) is 7.87. The Hall–Kier alpha value is -2.67. The number of benzene rings is 2. The fourth-order valence-corrected chi connectivity index (χ4v) is 4.52. The molecule has 2 aromatic rings. The van der Waals surface area contributed by atoms with E-state index in [0.29, 0.717) is 9.99 Å². The fraction of sp³-hybridized carbons (Fsp3) is 0.222. The molecule has 0 fully saturated rings. The first-order valence-electron chi connectivity index (χ1n) is 7.79. The predicted molar refractivity (Wildman–Crippen MR) is 93.8 cm³/mol. The van der Waals surface area contributed by atoms with Crippen LogP contribution < -0.4 is 5.32 Å². The Balaban J connectivity index is 1.91. The Morgan fingerprint density at radius 3 is 2.48 bits per heavy atom. The van der Waals surface area contributed by atoms with Crippen LogP contribution in [-0.2, 0) is 14.8 Å². The van der Waals surface area contributed by atoms with Gasteiger partial charge in [0.05, 0.1) is 5.56 Å². The summed E-state index contributed by atoms with van der Waals surface area (Å²) in [7, 11) is -4.03. The van der Waals surface area contributed by atoms with E-state index >= 15 is 0 Å². The van der Waals surface area contributed by atoms with Crippen molar-refractivity contribution in [1.82, 2.24) is 4.31 Å². The SMILES string of the molecule is Cc1ccc(C)c(NC(=O)[C@@H](C)N2C(=O)c3ccccc3S2(=O)=O)c1. The molecule has 1 aliphatic rings. The molecule has 7 heteroatoms. The molecule has 0 saturated carbocycles. The number of amides is 2. The van der Waals surface area contributed by atoms with E-state index in [4.69, 9.17) is 0 Å². The lowest BCUT2D eigenvalue weighted by atomic mass is 10.1. The van der Waals surface area contributed by atoms with Gasteiger partial charge in [-0.25, -0.2) is 12.7 Å². The third-order valence-corrected chi connectivity index (χ3v) is 6.15. The van der Waals surface area contributed by atoms with Gasteiger partial charge in [0.2, 0.25) is 5.91 Å². The maximum Gasteiger partial charge on any atom is 0.269 e. The third-order valence-electron chi connectivity index (χ3n) is 4.24. The number of nitrogens with zero attached hydrogens (tertiary/aromatic N) is 1. The number of aryl methyl sites for hydroxylation is 2. The molecule has 0 saturated heterocycles. The highest BCUT2D eigenvalue weighted by atomic mass is 32.2. The molecule has 0 unspecified atom stereocenters. The quantitative estimate of drug-likeness (QED) is 0.914. The van der Waals surface area contributed by atoms with Crippen molar-refractivity contribution in [2.75, 3.05) is 5.32 Å². The number of rotatable bonds is 3. The number of hydrogen-bond donors (Lipinski definition) is 1. The molecule has 0 aliphatic carbocycles. The zero-order valence-corrected chi connectivity index (χ0v) is 14.9. The first-order chi connectivity index (χ1) is 11.7. The van der Waals surface area contributed by atoms with Crippen molar-refractivity contribution < 1.29 is 18.0 Å². The van der Waals surface area contributed by atoms with E-state index in [1.807, 2.05) is 26.0 Å². The molecule has 1 aliphatic heterocycles.